The van der Waals surface area contributed by atoms with Crippen molar-refractivity contribution in [3.05, 3.63) is 59.9 Å². The van der Waals surface area contributed by atoms with Gasteiger partial charge in [0.15, 0.2) is 0 Å². The maximum atomic E-state index is 14.3. The van der Waals surface area contributed by atoms with E-state index in [-0.39, 0.29) is 17.8 Å². The van der Waals surface area contributed by atoms with Gasteiger partial charge in [0.05, 0.1) is 19.1 Å². The Kier molecular flexibility index (Phi) is 9.22. The van der Waals surface area contributed by atoms with Crippen LogP contribution in [0.5, 0.6) is 5.75 Å². The van der Waals surface area contributed by atoms with Crippen molar-refractivity contribution < 1.29 is 27.1 Å². The lowest BCUT2D eigenvalue weighted by Crippen LogP contribution is -2.51. The lowest BCUT2D eigenvalue weighted by atomic mass is 10.1. The molecule has 2 rings (SSSR count). The smallest absolute Gasteiger partial charge is 0.244 e. The van der Waals surface area contributed by atoms with E-state index in [1.165, 1.54) is 49.3 Å². The second kappa shape index (κ2) is 11.6. The molecule has 8 nitrogen and oxygen atoms in total. The summed E-state index contributed by atoms with van der Waals surface area (Å²) in [6.07, 6.45) is 1.69. The van der Waals surface area contributed by atoms with Crippen LogP contribution in [0.2, 0.25) is 0 Å². The van der Waals surface area contributed by atoms with E-state index in [4.69, 9.17) is 4.74 Å². The van der Waals surface area contributed by atoms with E-state index in [0.29, 0.717) is 18.7 Å². The van der Waals surface area contributed by atoms with Crippen molar-refractivity contribution in [3.8, 4) is 5.75 Å². The maximum absolute atomic E-state index is 14.3. The summed E-state index contributed by atoms with van der Waals surface area (Å²) in [7, 11) is -2.41. The number of carbonyl (C=O) groups excluding carboxylic acids is 2. The van der Waals surface area contributed by atoms with Crippen LogP contribution < -0.4 is 14.4 Å². The van der Waals surface area contributed by atoms with E-state index in [1.807, 2.05) is 6.92 Å². The predicted molar refractivity (Wildman–Crippen MR) is 125 cm³/mol. The zero-order valence-electron chi connectivity index (χ0n) is 19.2. The molecule has 33 heavy (non-hydrogen) atoms. The first-order chi connectivity index (χ1) is 15.6. The van der Waals surface area contributed by atoms with Crippen LogP contribution in [0, 0.1) is 5.82 Å². The zero-order chi connectivity index (χ0) is 24.6. The molecule has 0 aromatic heterocycles. The largest absolute Gasteiger partial charge is 0.497 e. The molecular weight excluding hydrogens is 449 g/mol. The van der Waals surface area contributed by atoms with E-state index in [9.17, 15) is 22.4 Å². The second-order valence-electron chi connectivity index (χ2n) is 7.55. The number of hydrogen-bond acceptors (Lipinski definition) is 5. The van der Waals surface area contributed by atoms with Crippen molar-refractivity contribution >= 4 is 27.5 Å². The molecule has 0 aliphatic rings. The van der Waals surface area contributed by atoms with E-state index < -0.39 is 40.2 Å². The van der Waals surface area contributed by atoms with Gasteiger partial charge in [-0.1, -0.05) is 31.2 Å². The molecule has 0 saturated carbocycles. The summed E-state index contributed by atoms with van der Waals surface area (Å²) >= 11 is 0. The van der Waals surface area contributed by atoms with Gasteiger partial charge in [-0.05, 0) is 31.5 Å². The molecule has 2 amide bonds. The number of sulfonamides is 1. The van der Waals surface area contributed by atoms with Crippen molar-refractivity contribution in [1.29, 1.82) is 0 Å². The first-order valence-electron chi connectivity index (χ1n) is 10.5. The number of ether oxygens (including phenoxy) is 1. The highest BCUT2D eigenvalue weighted by molar-refractivity contribution is 7.92. The third-order valence-corrected chi connectivity index (χ3v) is 6.18. The van der Waals surface area contributed by atoms with Crippen LogP contribution in [-0.4, -0.2) is 57.6 Å². The minimum absolute atomic E-state index is 0.193. The van der Waals surface area contributed by atoms with Crippen LogP contribution >= 0.6 is 0 Å². The Hall–Kier alpha value is -3.14. The summed E-state index contributed by atoms with van der Waals surface area (Å²) in [6.45, 7) is 3.09. The van der Waals surface area contributed by atoms with Crippen LogP contribution in [-0.2, 0) is 26.2 Å². The van der Waals surface area contributed by atoms with Gasteiger partial charge in [0, 0.05) is 24.7 Å². The highest BCUT2D eigenvalue weighted by atomic mass is 32.2. The van der Waals surface area contributed by atoms with Crippen LogP contribution in [0.3, 0.4) is 0 Å². The maximum Gasteiger partial charge on any atom is 0.244 e. The molecule has 10 heteroatoms. The van der Waals surface area contributed by atoms with Crippen LogP contribution in [0.4, 0.5) is 10.1 Å². The third-order valence-electron chi connectivity index (χ3n) is 5.04. The molecule has 0 spiro atoms. The Labute approximate surface area is 194 Å². The van der Waals surface area contributed by atoms with Gasteiger partial charge in [0.2, 0.25) is 21.8 Å². The third kappa shape index (κ3) is 7.18. The fourth-order valence-electron chi connectivity index (χ4n) is 3.17. The lowest BCUT2D eigenvalue weighted by molar-refractivity contribution is -0.139. The number of amides is 2. The molecule has 0 aliphatic carbocycles. The summed E-state index contributed by atoms with van der Waals surface area (Å²) in [5.74, 6) is -1.16. The Bertz CT molecular complexity index is 1080. The number of nitrogens with zero attached hydrogens (tertiary/aromatic N) is 2. The SMILES string of the molecule is CCCNC(=O)[C@@H](C)N(Cc1ccccc1F)C(=O)CN(c1cccc(OC)c1)S(C)(=O)=O. The number of nitrogens with one attached hydrogen (secondary N) is 1. The summed E-state index contributed by atoms with van der Waals surface area (Å²) in [5, 5.41) is 2.72. The van der Waals surface area contributed by atoms with Crippen molar-refractivity contribution in [3.63, 3.8) is 0 Å². The Morgan fingerprint density at radius 2 is 1.85 bits per heavy atom. The quantitative estimate of drug-likeness (QED) is 0.534. The Morgan fingerprint density at radius 1 is 1.15 bits per heavy atom. The van der Waals surface area contributed by atoms with Gasteiger partial charge in [-0.25, -0.2) is 12.8 Å². The Morgan fingerprint density at radius 3 is 2.45 bits per heavy atom. The molecule has 0 radical (unpaired) electrons. The van der Waals surface area contributed by atoms with Crippen molar-refractivity contribution in [2.75, 3.05) is 30.8 Å². The number of rotatable bonds is 11. The summed E-state index contributed by atoms with van der Waals surface area (Å²) < 4.78 is 45.5. The number of anilines is 1. The molecule has 0 fully saturated rings. The number of methoxy groups -OCH3 is 1. The zero-order valence-corrected chi connectivity index (χ0v) is 20.1. The first kappa shape index (κ1) is 26.1. The highest BCUT2D eigenvalue weighted by Gasteiger charge is 2.30. The summed E-state index contributed by atoms with van der Waals surface area (Å²) in [4.78, 5) is 27.1. The molecule has 0 aliphatic heterocycles. The van der Waals surface area contributed by atoms with E-state index in [1.54, 1.807) is 18.2 Å². The average molecular weight is 480 g/mol. The number of hydrogen-bond donors (Lipinski definition) is 1. The van der Waals surface area contributed by atoms with E-state index >= 15 is 0 Å². The van der Waals surface area contributed by atoms with Crippen LogP contribution in [0.1, 0.15) is 25.8 Å². The highest BCUT2D eigenvalue weighted by Crippen LogP contribution is 2.24. The monoisotopic (exact) mass is 479 g/mol. The molecule has 1 N–H and O–H groups in total. The van der Waals surface area contributed by atoms with Gasteiger partial charge in [0.1, 0.15) is 24.2 Å². The standard InChI is InChI=1S/C23H30FN3O5S/c1-5-13-25-23(29)17(2)26(15-18-9-6-7-12-21(18)24)22(28)16-27(33(4,30)31)19-10-8-11-20(14-19)32-3/h6-12,14,17H,5,13,15-16H2,1-4H3,(H,25,29)/t17-/m1/s1. The van der Waals surface area contributed by atoms with Gasteiger partial charge in [-0.3, -0.25) is 13.9 Å². The molecule has 2 aromatic rings. The molecule has 0 unspecified atom stereocenters. The number of halogens is 1. The molecule has 180 valence electrons. The second-order valence-corrected chi connectivity index (χ2v) is 9.46. The van der Waals surface area contributed by atoms with Crippen molar-refractivity contribution in [2.24, 2.45) is 0 Å². The van der Waals surface area contributed by atoms with Gasteiger partial charge in [-0.15, -0.1) is 0 Å². The van der Waals surface area contributed by atoms with Gasteiger partial charge in [-0.2, -0.15) is 0 Å². The van der Waals surface area contributed by atoms with Crippen LogP contribution in [0.25, 0.3) is 0 Å². The Balaban J connectivity index is 2.39. The fraction of sp³-hybridized carbons (Fsp3) is 0.391. The minimum atomic E-state index is -3.86. The fourth-order valence-corrected chi connectivity index (χ4v) is 4.01. The normalized spacial score (nSPS) is 12.0. The molecular formula is C23H30FN3O5S. The molecule has 0 heterocycles. The summed E-state index contributed by atoms with van der Waals surface area (Å²) in [5.41, 5.74) is 0.451. The van der Waals surface area contributed by atoms with E-state index in [0.717, 1.165) is 10.6 Å². The molecule has 2 aromatic carbocycles. The minimum Gasteiger partial charge on any atom is -0.497 e. The molecule has 0 saturated heterocycles. The average Bonchev–Trinajstić information content (AvgIpc) is 2.79. The van der Waals surface area contributed by atoms with Crippen LogP contribution in [0.15, 0.2) is 48.5 Å². The lowest BCUT2D eigenvalue weighted by Gasteiger charge is -2.31. The molecule has 0 bridgehead atoms. The topological polar surface area (TPSA) is 96.0 Å². The van der Waals surface area contributed by atoms with E-state index in [2.05, 4.69) is 5.32 Å². The van der Waals surface area contributed by atoms with Gasteiger partial charge >= 0.3 is 0 Å². The first-order valence-corrected chi connectivity index (χ1v) is 12.4. The van der Waals surface area contributed by atoms with Crippen molar-refractivity contribution in [2.45, 2.75) is 32.9 Å². The molecule has 1 atom stereocenters. The predicted octanol–water partition coefficient (Wildman–Crippen LogP) is 2.54. The number of benzene rings is 2. The summed E-state index contributed by atoms with van der Waals surface area (Å²) in [6, 6.07) is 11.3. The number of carbonyl (C=O) groups is 2. The van der Waals surface area contributed by atoms with Crippen molar-refractivity contribution in [1.82, 2.24) is 10.2 Å². The van der Waals surface area contributed by atoms with Gasteiger partial charge < -0.3 is 15.0 Å². The van der Waals surface area contributed by atoms with Gasteiger partial charge in [0.25, 0.3) is 0 Å².